The highest BCUT2D eigenvalue weighted by Gasteiger charge is 2.26. The molecular weight excluding hydrogens is 539 g/mol. The highest BCUT2D eigenvalue weighted by molar-refractivity contribution is 7.47. The normalized spacial score (nSPS) is 15.1. The van der Waals surface area contributed by atoms with Gasteiger partial charge in [-0.1, -0.05) is 108 Å². The minimum absolute atomic E-state index is 0.0746. The second kappa shape index (κ2) is 28.8. The lowest BCUT2D eigenvalue weighted by atomic mass is 10.1. The molecule has 0 aliphatic rings. The lowest BCUT2D eigenvalue weighted by molar-refractivity contribution is -0.123. The molecule has 0 aromatic rings. The average molecular weight is 601 g/mol. The van der Waals surface area contributed by atoms with Gasteiger partial charge < -0.3 is 21.1 Å². The Labute approximate surface area is 250 Å². The Morgan fingerprint density at radius 1 is 0.805 bits per heavy atom. The van der Waals surface area contributed by atoms with Crippen molar-refractivity contribution in [3.05, 3.63) is 36.5 Å². The third kappa shape index (κ3) is 27.3. The van der Waals surface area contributed by atoms with E-state index in [-0.39, 0.29) is 25.7 Å². The zero-order valence-corrected chi connectivity index (χ0v) is 26.9. The van der Waals surface area contributed by atoms with Crippen molar-refractivity contribution in [2.75, 3.05) is 19.8 Å². The fourth-order valence-electron chi connectivity index (χ4n) is 4.22. The number of carbonyl (C=O) groups is 1. The van der Waals surface area contributed by atoms with Crippen LogP contribution in [0.2, 0.25) is 0 Å². The van der Waals surface area contributed by atoms with E-state index < -0.39 is 20.0 Å². The van der Waals surface area contributed by atoms with E-state index in [0.717, 1.165) is 64.2 Å². The average Bonchev–Trinajstić information content (AvgIpc) is 2.95. The van der Waals surface area contributed by atoms with E-state index in [2.05, 4.69) is 43.5 Å². The van der Waals surface area contributed by atoms with Crippen LogP contribution in [0, 0.1) is 0 Å². The molecule has 0 radical (unpaired) electrons. The summed E-state index contributed by atoms with van der Waals surface area (Å²) < 4.78 is 21.8. The van der Waals surface area contributed by atoms with E-state index >= 15 is 0 Å². The maximum atomic E-state index is 12.6. The summed E-state index contributed by atoms with van der Waals surface area (Å²) in [5.74, 6) is -0.216. The zero-order valence-electron chi connectivity index (χ0n) is 26.0. The zero-order chi connectivity index (χ0) is 30.4. The molecule has 0 aromatic carbocycles. The SMILES string of the molecule is CCCCC/C=C\C/C=C\CCCCCCCC(=O)NC(COP(=O)(O)OCCN)C(O)/C=C/CCCCCCC. The predicted molar refractivity (Wildman–Crippen MR) is 171 cm³/mol. The summed E-state index contributed by atoms with van der Waals surface area (Å²) in [7, 11) is -4.32. The first kappa shape index (κ1) is 39.7. The van der Waals surface area contributed by atoms with Crippen LogP contribution in [-0.2, 0) is 18.4 Å². The van der Waals surface area contributed by atoms with Gasteiger partial charge in [-0.05, 0) is 51.4 Å². The lowest BCUT2D eigenvalue weighted by Gasteiger charge is -2.23. The van der Waals surface area contributed by atoms with Crippen LogP contribution in [0.5, 0.6) is 0 Å². The first-order valence-corrected chi connectivity index (χ1v) is 17.6. The summed E-state index contributed by atoms with van der Waals surface area (Å²) in [6.07, 6.45) is 30.6. The van der Waals surface area contributed by atoms with Crippen molar-refractivity contribution in [3.63, 3.8) is 0 Å². The van der Waals surface area contributed by atoms with Gasteiger partial charge in [0.25, 0.3) is 0 Å². The number of phosphoric acid groups is 1. The molecule has 0 rings (SSSR count). The van der Waals surface area contributed by atoms with Gasteiger partial charge in [-0.3, -0.25) is 13.8 Å². The van der Waals surface area contributed by atoms with E-state index in [1.165, 1.54) is 44.9 Å². The van der Waals surface area contributed by atoms with E-state index in [9.17, 15) is 19.4 Å². The van der Waals surface area contributed by atoms with Gasteiger partial charge in [0, 0.05) is 13.0 Å². The van der Waals surface area contributed by atoms with Gasteiger partial charge in [0.15, 0.2) is 0 Å². The molecule has 3 unspecified atom stereocenters. The number of allylic oxidation sites excluding steroid dienone is 5. The van der Waals surface area contributed by atoms with E-state index in [4.69, 9.17) is 14.8 Å². The molecule has 0 saturated heterocycles. The molecule has 0 aliphatic heterocycles. The predicted octanol–water partition coefficient (Wildman–Crippen LogP) is 7.65. The molecule has 8 nitrogen and oxygen atoms in total. The molecule has 0 fully saturated rings. The number of nitrogens with two attached hydrogens (primary N) is 1. The van der Waals surface area contributed by atoms with Gasteiger partial charge >= 0.3 is 7.82 Å². The molecule has 240 valence electrons. The Morgan fingerprint density at radius 2 is 1.34 bits per heavy atom. The number of aliphatic hydroxyl groups excluding tert-OH is 1. The van der Waals surface area contributed by atoms with Gasteiger partial charge in [0.2, 0.25) is 5.91 Å². The number of amides is 1. The summed E-state index contributed by atoms with van der Waals surface area (Å²) in [4.78, 5) is 22.4. The number of carbonyl (C=O) groups excluding carboxylic acids is 1. The van der Waals surface area contributed by atoms with Crippen LogP contribution in [0.1, 0.15) is 129 Å². The number of rotatable bonds is 29. The highest BCUT2D eigenvalue weighted by atomic mass is 31.2. The Balaban J connectivity index is 4.35. The maximum absolute atomic E-state index is 12.6. The quantitative estimate of drug-likeness (QED) is 0.0394. The molecule has 1 amide bonds. The molecule has 9 heteroatoms. The second-order valence-electron chi connectivity index (χ2n) is 10.7. The Morgan fingerprint density at radius 3 is 1.98 bits per heavy atom. The number of hydrogen-bond acceptors (Lipinski definition) is 6. The Kier molecular flexibility index (Phi) is 27.9. The van der Waals surface area contributed by atoms with Crippen LogP contribution in [0.25, 0.3) is 0 Å². The van der Waals surface area contributed by atoms with Crippen molar-refractivity contribution in [3.8, 4) is 0 Å². The van der Waals surface area contributed by atoms with Gasteiger partial charge in [-0.15, -0.1) is 0 Å². The Bertz CT molecular complexity index is 744. The summed E-state index contributed by atoms with van der Waals surface area (Å²) in [5, 5.41) is 13.4. The summed E-state index contributed by atoms with van der Waals surface area (Å²) in [5.41, 5.74) is 5.32. The van der Waals surface area contributed by atoms with Crippen LogP contribution in [0.15, 0.2) is 36.5 Å². The monoisotopic (exact) mass is 600 g/mol. The standard InChI is InChI=1S/C32H61N2O6P/c1-3-5-7-9-11-12-13-14-15-16-17-18-20-22-24-26-32(36)34-30(29-40-41(37,38)39-28-27-33)31(35)25-23-21-19-10-8-6-4-2/h11-12,14-15,23,25,30-31,35H,3-10,13,16-22,24,26-29,33H2,1-2H3,(H,34,36)(H,37,38)/b12-11-,15-14-,25-23+. The fraction of sp³-hybridized carbons (Fsp3) is 0.781. The summed E-state index contributed by atoms with van der Waals surface area (Å²) >= 11 is 0. The third-order valence-corrected chi connectivity index (χ3v) is 7.69. The molecule has 0 heterocycles. The number of aliphatic hydroxyl groups is 1. The van der Waals surface area contributed by atoms with Crippen molar-refractivity contribution >= 4 is 13.7 Å². The number of hydrogen-bond donors (Lipinski definition) is 4. The van der Waals surface area contributed by atoms with Crippen molar-refractivity contribution < 1.29 is 28.4 Å². The molecule has 0 spiro atoms. The van der Waals surface area contributed by atoms with Crippen LogP contribution < -0.4 is 11.1 Å². The second-order valence-corrected chi connectivity index (χ2v) is 12.1. The van der Waals surface area contributed by atoms with E-state index in [0.29, 0.717) is 6.42 Å². The maximum Gasteiger partial charge on any atom is 0.472 e. The number of unbranched alkanes of at least 4 members (excludes halogenated alkanes) is 13. The first-order valence-electron chi connectivity index (χ1n) is 16.1. The van der Waals surface area contributed by atoms with Gasteiger partial charge in [0.05, 0.1) is 25.4 Å². The largest absolute Gasteiger partial charge is 0.472 e. The molecule has 0 saturated carbocycles. The van der Waals surface area contributed by atoms with Crippen LogP contribution in [0.4, 0.5) is 0 Å². The molecule has 41 heavy (non-hydrogen) atoms. The van der Waals surface area contributed by atoms with Crippen LogP contribution >= 0.6 is 7.82 Å². The highest BCUT2D eigenvalue weighted by Crippen LogP contribution is 2.43. The van der Waals surface area contributed by atoms with Crippen molar-refractivity contribution in [1.29, 1.82) is 0 Å². The summed E-state index contributed by atoms with van der Waals surface area (Å²) in [6, 6.07) is -0.862. The molecule has 5 N–H and O–H groups in total. The number of nitrogens with one attached hydrogen (secondary N) is 1. The topological polar surface area (TPSA) is 131 Å². The fourth-order valence-corrected chi connectivity index (χ4v) is 4.98. The van der Waals surface area contributed by atoms with Gasteiger partial charge in [-0.25, -0.2) is 4.57 Å². The van der Waals surface area contributed by atoms with Crippen LogP contribution in [0.3, 0.4) is 0 Å². The van der Waals surface area contributed by atoms with Crippen molar-refractivity contribution in [2.24, 2.45) is 5.73 Å². The Hall–Kier alpha value is -1.28. The molecule has 0 bridgehead atoms. The van der Waals surface area contributed by atoms with Gasteiger partial charge in [0.1, 0.15) is 0 Å². The van der Waals surface area contributed by atoms with E-state index in [1.54, 1.807) is 6.08 Å². The van der Waals surface area contributed by atoms with Crippen molar-refractivity contribution in [2.45, 2.75) is 142 Å². The lowest BCUT2D eigenvalue weighted by Crippen LogP contribution is -2.45. The molecule has 3 atom stereocenters. The first-order chi connectivity index (χ1) is 19.9. The van der Waals surface area contributed by atoms with Crippen LogP contribution in [-0.4, -0.2) is 47.8 Å². The van der Waals surface area contributed by atoms with Crippen molar-refractivity contribution in [1.82, 2.24) is 5.32 Å². The minimum Gasteiger partial charge on any atom is -0.387 e. The third-order valence-electron chi connectivity index (χ3n) is 6.71. The molecule has 0 aromatic heterocycles. The van der Waals surface area contributed by atoms with Gasteiger partial charge in [-0.2, -0.15) is 0 Å². The smallest absolute Gasteiger partial charge is 0.387 e. The number of phosphoric ester groups is 1. The minimum atomic E-state index is -4.32. The van der Waals surface area contributed by atoms with E-state index in [1.807, 2.05) is 6.08 Å². The summed E-state index contributed by atoms with van der Waals surface area (Å²) in [6.45, 7) is 4.00. The molecular formula is C32H61N2O6P. The molecule has 0 aliphatic carbocycles.